The first-order valence-corrected chi connectivity index (χ1v) is 8.72. The molecule has 1 aliphatic heterocycles. The number of hydrogen-bond acceptors (Lipinski definition) is 6. The first-order chi connectivity index (χ1) is 11.2. The second-order valence-corrected chi connectivity index (χ2v) is 7.35. The second-order valence-electron chi connectivity index (χ2n) is 5.27. The van der Waals surface area contributed by atoms with Crippen molar-refractivity contribution in [3.63, 3.8) is 0 Å². The minimum atomic E-state index is -3.95. The average molecular weight is 360 g/mol. The fourth-order valence-corrected chi connectivity index (χ4v) is 3.47. The molecule has 2 atom stereocenters. The highest BCUT2D eigenvalue weighted by Crippen LogP contribution is 2.29. The molecule has 1 aromatic rings. The van der Waals surface area contributed by atoms with Crippen LogP contribution in [0.5, 0.6) is 0 Å². The van der Waals surface area contributed by atoms with Gasteiger partial charge in [-0.05, 0) is 25.1 Å². The monoisotopic (exact) mass is 360 g/mol. The van der Waals surface area contributed by atoms with Crippen LogP contribution in [-0.4, -0.2) is 50.2 Å². The fourth-order valence-electron chi connectivity index (χ4n) is 2.38. The van der Waals surface area contributed by atoms with E-state index >= 15 is 0 Å². The van der Waals surface area contributed by atoms with Gasteiger partial charge in [0.25, 0.3) is 0 Å². The molecular formula is C14H17FN2O6S. The maximum Gasteiger partial charge on any atom is 0.416 e. The van der Waals surface area contributed by atoms with Crippen molar-refractivity contribution in [2.45, 2.75) is 31.0 Å². The van der Waals surface area contributed by atoms with Gasteiger partial charge in [0.15, 0.2) is 16.1 Å². The molecule has 1 heterocycles. The van der Waals surface area contributed by atoms with Crippen molar-refractivity contribution in [1.82, 2.24) is 5.32 Å². The number of anilines is 1. The van der Waals surface area contributed by atoms with E-state index in [1.54, 1.807) is 6.92 Å². The van der Waals surface area contributed by atoms with Crippen LogP contribution in [-0.2, 0) is 19.4 Å². The summed E-state index contributed by atoms with van der Waals surface area (Å²) in [5, 5.41) is 11.2. The molecule has 1 aromatic carbocycles. The fraction of sp³-hybridized carbons (Fsp3) is 0.429. The molecule has 0 radical (unpaired) electrons. The van der Waals surface area contributed by atoms with Crippen LogP contribution in [0.25, 0.3) is 0 Å². The first-order valence-electron chi connectivity index (χ1n) is 7.07. The van der Waals surface area contributed by atoms with Gasteiger partial charge in [0.2, 0.25) is 5.91 Å². The van der Waals surface area contributed by atoms with Crippen LogP contribution in [0.4, 0.5) is 14.9 Å². The van der Waals surface area contributed by atoms with Crippen molar-refractivity contribution < 1.29 is 32.2 Å². The van der Waals surface area contributed by atoms with Crippen LogP contribution < -0.4 is 10.2 Å². The van der Waals surface area contributed by atoms with Crippen molar-refractivity contribution in [3.8, 4) is 0 Å². The Balaban J connectivity index is 2.32. The third-order valence-electron chi connectivity index (χ3n) is 3.50. The number of benzene rings is 1. The predicted molar refractivity (Wildman–Crippen MR) is 81.6 cm³/mol. The Hall–Kier alpha value is -2.20. The topological polar surface area (TPSA) is 113 Å². The number of rotatable bonds is 5. The summed E-state index contributed by atoms with van der Waals surface area (Å²) in [4.78, 5) is 23.6. The lowest BCUT2D eigenvalue weighted by Crippen LogP contribution is -2.43. The number of carbonyl (C=O) groups excluding carboxylic acids is 2. The van der Waals surface area contributed by atoms with Gasteiger partial charge in [0.1, 0.15) is 10.7 Å². The number of nitrogens with zero attached hydrogens (tertiary/aromatic N) is 1. The summed E-state index contributed by atoms with van der Waals surface area (Å²) in [7, 11) is -3.95. The zero-order valence-corrected chi connectivity index (χ0v) is 13.8. The van der Waals surface area contributed by atoms with Crippen LogP contribution in [0, 0.1) is 5.82 Å². The Morgan fingerprint density at radius 3 is 2.67 bits per heavy atom. The number of cyclic esters (lactones) is 1. The van der Waals surface area contributed by atoms with E-state index in [0.29, 0.717) is 0 Å². The van der Waals surface area contributed by atoms with Crippen LogP contribution in [0.15, 0.2) is 23.1 Å². The summed E-state index contributed by atoms with van der Waals surface area (Å²) < 4.78 is 42.9. The molecule has 1 aliphatic rings. The summed E-state index contributed by atoms with van der Waals surface area (Å²) >= 11 is 0. The van der Waals surface area contributed by atoms with Gasteiger partial charge in [-0.15, -0.1) is 0 Å². The molecule has 0 aromatic heterocycles. The van der Waals surface area contributed by atoms with Crippen LogP contribution in [0.1, 0.15) is 13.8 Å². The van der Waals surface area contributed by atoms with Gasteiger partial charge in [-0.1, -0.05) is 0 Å². The number of amides is 2. The lowest BCUT2D eigenvalue weighted by molar-refractivity contribution is -0.121. The average Bonchev–Trinajstić information content (AvgIpc) is 2.72. The molecule has 8 nitrogen and oxygen atoms in total. The van der Waals surface area contributed by atoms with Crippen LogP contribution in [0.2, 0.25) is 0 Å². The molecule has 2 rings (SSSR count). The summed E-state index contributed by atoms with van der Waals surface area (Å²) in [6, 6.07) is 2.58. The zero-order valence-electron chi connectivity index (χ0n) is 13.0. The largest absolute Gasteiger partial charge is 0.423 e. The van der Waals surface area contributed by atoms with Gasteiger partial charge in [-0.2, -0.15) is 0 Å². The Morgan fingerprint density at radius 1 is 1.46 bits per heavy atom. The molecule has 24 heavy (non-hydrogen) atoms. The maximum atomic E-state index is 14.2. The van der Waals surface area contributed by atoms with Gasteiger partial charge in [0.05, 0.1) is 24.1 Å². The van der Waals surface area contributed by atoms with E-state index in [1.165, 1.54) is 13.0 Å². The number of aliphatic hydroxyl groups excluding tert-OH is 1. The number of halogens is 1. The van der Waals surface area contributed by atoms with Crippen molar-refractivity contribution in [2.75, 3.05) is 17.3 Å². The highest BCUT2D eigenvalue weighted by molar-refractivity contribution is 7.91. The first kappa shape index (κ1) is 18.1. The molecular weight excluding hydrogens is 343 g/mol. The smallest absolute Gasteiger partial charge is 0.416 e. The van der Waals surface area contributed by atoms with E-state index in [2.05, 4.69) is 5.32 Å². The molecule has 1 unspecified atom stereocenters. The zero-order chi connectivity index (χ0) is 18.1. The minimum Gasteiger partial charge on any atom is -0.423 e. The Kier molecular flexibility index (Phi) is 5.09. The van der Waals surface area contributed by atoms with Gasteiger partial charge < -0.3 is 15.2 Å². The molecule has 0 spiro atoms. The van der Waals surface area contributed by atoms with Crippen LogP contribution in [0.3, 0.4) is 0 Å². The van der Waals surface area contributed by atoms with E-state index in [0.717, 1.165) is 17.0 Å². The Labute approximate surface area is 138 Å². The van der Waals surface area contributed by atoms with E-state index in [9.17, 15) is 22.4 Å². The third kappa shape index (κ3) is 3.49. The van der Waals surface area contributed by atoms with E-state index in [1.807, 2.05) is 0 Å². The SMILES string of the molecule is CC(=O)N[C@H]1OC(=O)N(c2ccc(S(=O)(=O)CCO)c(F)c2)C1C. The van der Waals surface area contributed by atoms with Crippen molar-refractivity contribution >= 4 is 27.5 Å². The van der Waals surface area contributed by atoms with Crippen molar-refractivity contribution in [3.05, 3.63) is 24.0 Å². The minimum absolute atomic E-state index is 0.0980. The molecule has 2 amide bonds. The number of carbonyl (C=O) groups is 2. The molecule has 0 saturated carbocycles. The highest BCUT2D eigenvalue weighted by Gasteiger charge is 2.40. The Morgan fingerprint density at radius 2 is 2.12 bits per heavy atom. The van der Waals surface area contributed by atoms with E-state index < -0.39 is 57.2 Å². The molecule has 132 valence electrons. The predicted octanol–water partition coefficient (Wildman–Crippen LogP) is 0.399. The summed E-state index contributed by atoms with van der Waals surface area (Å²) in [5.41, 5.74) is 0.0980. The number of ether oxygens (including phenoxy) is 1. The normalized spacial score (nSPS) is 20.8. The molecule has 10 heteroatoms. The second kappa shape index (κ2) is 6.73. The number of aliphatic hydroxyl groups is 1. The quantitative estimate of drug-likeness (QED) is 0.786. The molecule has 0 bridgehead atoms. The van der Waals surface area contributed by atoms with Gasteiger partial charge >= 0.3 is 6.09 Å². The molecule has 1 saturated heterocycles. The van der Waals surface area contributed by atoms with Gasteiger partial charge in [-0.25, -0.2) is 17.6 Å². The number of hydrogen-bond donors (Lipinski definition) is 2. The Bertz CT molecular complexity index is 767. The summed E-state index contributed by atoms with van der Waals surface area (Å²) in [6.45, 7) is 2.24. The highest BCUT2D eigenvalue weighted by atomic mass is 32.2. The van der Waals surface area contributed by atoms with Crippen molar-refractivity contribution in [1.29, 1.82) is 0 Å². The lowest BCUT2D eigenvalue weighted by Gasteiger charge is -2.21. The molecule has 0 aliphatic carbocycles. The lowest BCUT2D eigenvalue weighted by atomic mass is 10.2. The number of sulfone groups is 1. The molecule has 2 N–H and O–H groups in total. The third-order valence-corrected chi connectivity index (χ3v) is 5.23. The number of nitrogens with one attached hydrogen (secondary N) is 1. The summed E-state index contributed by atoms with van der Waals surface area (Å²) in [6.07, 6.45) is -1.68. The van der Waals surface area contributed by atoms with E-state index in [4.69, 9.17) is 9.84 Å². The van der Waals surface area contributed by atoms with Gasteiger partial charge in [-0.3, -0.25) is 9.69 Å². The maximum absolute atomic E-state index is 14.2. The van der Waals surface area contributed by atoms with E-state index in [-0.39, 0.29) is 5.69 Å². The standard InChI is InChI=1S/C14H17FN2O6S/c1-8-13(16-9(2)19)23-14(20)17(8)10-3-4-12(11(15)7-10)24(21,22)6-5-18/h3-4,7-8,13,18H,5-6H2,1-2H3,(H,16,19)/t8?,13-/m0/s1. The summed E-state index contributed by atoms with van der Waals surface area (Å²) in [5.74, 6) is -2.03. The molecule has 1 fully saturated rings. The van der Waals surface area contributed by atoms with Crippen molar-refractivity contribution in [2.24, 2.45) is 0 Å². The van der Waals surface area contributed by atoms with Gasteiger partial charge in [0, 0.05) is 6.92 Å². The van der Waals surface area contributed by atoms with Crippen LogP contribution >= 0.6 is 0 Å².